The second kappa shape index (κ2) is 7.96. The normalized spacial score (nSPS) is 25.0. The summed E-state index contributed by atoms with van der Waals surface area (Å²) in [5.41, 5.74) is 0.458. The molecule has 0 aliphatic carbocycles. The number of rotatable bonds is 5. The van der Waals surface area contributed by atoms with Gasteiger partial charge in [0.05, 0.1) is 33.3 Å². The third-order valence-electron chi connectivity index (χ3n) is 3.93. The summed E-state index contributed by atoms with van der Waals surface area (Å²) in [6, 6.07) is 4.51. The average molecular weight is 453 g/mol. The van der Waals surface area contributed by atoms with E-state index in [4.69, 9.17) is 33.0 Å². The van der Waals surface area contributed by atoms with Gasteiger partial charge < -0.3 is 14.7 Å². The fraction of sp³-hybridized carbons (Fsp3) is 0.400. The van der Waals surface area contributed by atoms with Gasteiger partial charge in [0.2, 0.25) is 0 Å². The predicted molar refractivity (Wildman–Crippen MR) is 104 cm³/mol. The van der Waals surface area contributed by atoms with E-state index in [1.54, 1.807) is 23.1 Å². The first kappa shape index (κ1) is 20.4. The fourth-order valence-corrected chi connectivity index (χ4v) is 7.20. The highest BCUT2D eigenvalue weighted by atomic mass is 35.5. The van der Waals surface area contributed by atoms with Gasteiger partial charge in [-0.15, -0.1) is 0 Å². The average Bonchev–Trinajstić information content (AvgIpc) is 3.01. The number of aliphatic carboxylic acids is 1. The van der Waals surface area contributed by atoms with Crippen LogP contribution in [0.3, 0.4) is 0 Å². The van der Waals surface area contributed by atoms with Crippen molar-refractivity contribution in [2.75, 3.05) is 29.6 Å². The molecule has 2 heterocycles. The summed E-state index contributed by atoms with van der Waals surface area (Å²) in [7, 11) is -3.21. The zero-order valence-corrected chi connectivity index (χ0v) is 16.8. The van der Waals surface area contributed by atoms with Crippen molar-refractivity contribution in [2.45, 2.75) is 11.3 Å². The Labute approximate surface area is 169 Å². The number of halogens is 2. The molecular formula is C15H14Cl2N2O6S2. The van der Waals surface area contributed by atoms with Gasteiger partial charge >= 0.3 is 5.97 Å². The van der Waals surface area contributed by atoms with E-state index in [1.165, 1.54) is 11.8 Å². The molecular weight excluding hydrogens is 439 g/mol. The minimum absolute atomic E-state index is 0.0280. The van der Waals surface area contributed by atoms with Crippen LogP contribution in [0, 0.1) is 0 Å². The lowest BCUT2D eigenvalue weighted by molar-refractivity contribution is -0.143. The Morgan fingerprint density at radius 2 is 2.04 bits per heavy atom. The van der Waals surface area contributed by atoms with E-state index in [9.17, 15) is 18.0 Å². The molecule has 12 heteroatoms. The molecule has 0 aromatic heterocycles. The first-order valence-corrected chi connectivity index (χ1v) is 11.1. The fourth-order valence-electron chi connectivity index (χ4n) is 2.89. The van der Waals surface area contributed by atoms with Crippen molar-refractivity contribution < 1.29 is 27.9 Å². The third kappa shape index (κ3) is 4.57. The van der Waals surface area contributed by atoms with E-state index in [0.717, 1.165) is 0 Å². The summed E-state index contributed by atoms with van der Waals surface area (Å²) >= 11 is 13.5. The molecule has 146 valence electrons. The van der Waals surface area contributed by atoms with Crippen molar-refractivity contribution in [3.63, 3.8) is 0 Å². The summed E-state index contributed by atoms with van der Waals surface area (Å²) in [4.78, 5) is 28.1. The largest absolute Gasteiger partial charge is 0.480 e. The molecule has 3 rings (SSSR count). The lowest BCUT2D eigenvalue weighted by Gasteiger charge is -2.25. The van der Waals surface area contributed by atoms with Gasteiger partial charge in [-0.05, 0) is 12.1 Å². The molecule has 0 bridgehead atoms. The number of carboxylic acids is 1. The van der Waals surface area contributed by atoms with Crippen LogP contribution in [0.4, 0.5) is 5.69 Å². The first-order chi connectivity index (χ1) is 12.7. The molecule has 2 aliphatic rings. The third-order valence-corrected chi connectivity index (χ3v) is 7.95. The summed E-state index contributed by atoms with van der Waals surface area (Å²) in [6.45, 7) is -1.11. The maximum absolute atomic E-state index is 12.0. The van der Waals surface area contributed by atoms with Crippen LogP contribution in [0.2, 0.25) is 10.0 Å². The number of carbonyl (C=O) groups excluding carboxylic acids is 1. The van der Waals surface area contributed by atoms with Crippen molar-refractivity contribution in [3.05, 3.63) is 28.2 Å². The number of amidine groups is 1. The van der Waals surface area contributed by atoms with E-state index in [0.29, 0.717) is 10.7 Å². The lowest BCUT2D eigenvalue weighted by atomic mass is 10.2. The number of nitrogens with zero attached hydrogens (tertiary/aromatic N) is 2. The molecule has 2 fully saturated rings. The molecule has 8 nitrogen and oxygen atoms in total. The van der Waals surface area contributed by atoms with Crippen LogP contribution in [0.1, 0.15) is 0 Å². The lowest BCUT2D eigenvalue weighted by Crippen LogP contribution is -2.38. The van der Waals surface area contributed by atoms with E-state index in [2.05, 4.69) is 4.99 Å². The number of sulfone groups is 1. The van der Waals surface area contributed by atoms with Crippen LogP contribution in [0.25, 0.3) is 0 Å². The van der Waals surface area contributed by atoms with E-state index < -0.39 is 41.0 Å². The van der Waals surface area contributed by atoms with Crippen LogP contribution < -0.4 is 4.90 Å². The predicted octanol–water partition coefficient (Wildman–Crippen LogP) is 1.70. The number of fused-ring (bicyclic) bond motifs is 1. The highest BCUT2D eigenvalue weighted by Gasteiger charge is 2.49. The Balaban J connectivity index is 1.91. The summed E-state index contributed by atoms with van der Waals surface area (Å²) < 4.78 is 28.8. The molecule has 1 amide bonds. The quantitative estimate of drug-likeness (QED) is 0.717. The van der Waals surface area contributed by atoms with E-state index in [1.807, 2.05) is 0 Å². The number of amides is 1. The summed E-state index contributed by atoms with van der Waals surface area (Å²) in [5.74, 6) is -1.99. The summed E-state index contributed by atoms with van der Waals surface area (Å²) in [6.07, 6.45) is 0. The maximum atomic E-state index is 12.0. The number of hydrogen-bond donors (Lipinski definition) is 1. The molecule has 1 N–H and O–H groups in total. The van der Waals surface area contributed by atoms with E-state index in [-0.39, 0.29) is 26.9 Å². The molecule has 0 spiro atoms. The maximum Gasteiger partial charge on any atom is 0.329 e. The van der Waals surface area contributed by atoms with Crippen molar-refractivity contribution >= 4 is 67.5 Å². The number of carboxylic acid groups (broad SMARTS) is 1. The van der Waals surface area contributed by atoms with Gasteiger partial charge in [0.15, 0.2) is 15.0 Å². The monoisotopic (exact) mass is 452 g/mol. The van der Waals surface area contributed by atoms with Crippen molar-refractivity contribution in [1.29, 1.82) is 0 Å². The second-order valence-corrected chi connectivity index (χ2v) is 10.1. The van der Waals surface area contributed by atoms with Crippen LogP contribution in [-0.2, 0) is 24.2 Å². The Kier molecular flexibility index (Phi) is 6.02. The van der Waals surface area contributed by atoms with Gasteiger partial charge in [-0.2, -0.15) is 4.99 Å². The van der Waals surface area contributed by atoms with Gasteiger partial charge in [-0.3, -0.25) is 4.79 Å². The number of carbonyl (C=O) groups is 2. The van der Waals surface area contributed by atoms with Crippen LogP contribution >= 0.6 is 35.0 Å². The highest BCUT2D eigenvalue weighted by Crippen LogP contribution is 2.44. The smallest absolute Gasteiger partial charge is 0.329 e. The number of benzene rings is 1. The van der Waals surface area contributed by atoms with Gasteiger partial charge in [0, 0.05) is 5.25 Å². The standard InChI is InChI=1S/C15H14Cl2N2O6S2/c16-8-2-1-3-9(14(8)17)19-10-6-27(23,24)7-11(10)26-15(19)18-12(20)4-25-5-13(21)22/h1-3,10-11H,4-7H2,(H,21,22)/t10-,11-/m1/s1. The summed E-state index contributed by atoms with van der Waals surface area (Å²) in [5, 5.41) is 9.06. The van der Waals surface area contributed by atoms with Crippen molar-refractivity contribution in [3.8, 4) is 0 Å². The van der Waals surface area contributed by atoms with Gasteiger partial charge in [0.25, 0.3) is 5.91 Å². The molecule has 2 atom stereocenters. The molecule has 2 saturated heterocycles. The molecule has 1 aromatic carbocycles. The minimum Gasteiger partial charge on any atom is -0.480 e. The minimum atomic E-state index is -3.21. The number of thioether (sulfide) groups is 1. The molecule has 27 heavy (non-hydrogen) atoms. The van der Waals surface area contributed by atoms with Gasteiger partial charge in [0.1, 0.15) is 13.2 Å². The Morgan fingerprint density at radius 1 is 1.30 bits per heavy atom. The Hall–Kier alpha value is -1.33. The second-order valence-electron chi connectivity index (χ2n) is 5.92. The Bertz CT molecular complexity index is 921. The SMILES string of the molecule is O=C(O)COCC(=O)N=C1S[C@@H]2CS(=O)(=O)C[C@H]2N1c1cccc(Cl)c1Cl. The zero-order valence-electron chi connectivity index (χ0n) is 13.7. The first-order valence-electron chi connectivity index (χ1n) is 7.69. The van der Waals surface area contributed by atoms with Crippen LogP contribution in [-0.4, -0.2) is 66.6 Å². The van der Waals surface area contributed by atoms with Gasteiger partial charge in [-0.1, -0.05) is 41.0 Å². The molecule has 0 unspecified atom stereocenters. The number of hydrogen-bond acceptors (Lipinski definition) is 6. The topological polar surface area (TPSA) is 113 Å². The highest BCUT2D eigenvalue weighted by molar-refractivity contribution is 8.16. The van der Waals surface area contributed by atoms with Crippen molar-refractivity contribution in [2.24, 2.45) is 4.99 Å². The molecule has 1 aromatic rings. The Morgan fingerprint density at radius 3 is 2.74 bits per heavy atom. The molecule has 0 saturated carbocycles. The number of anilines is 1. The van der Waals surface area contributed by atoms with E-state index >= 15 is 0 Å². The van der Waals surface area contributed by atoms with Gasteiger partial charge in [-0.25, -0.2) is 13.2 Å². The number of aliphatic imine (C=N–C) groups is 1. The molecule has 2 aliphatic heterocycles. The van der Waals surface area contributed by atoms with Crippen LogP contribution in [0.15, 0.2) is 23.2 Å². The van der Waals surface area contributed by atoms with Crippen molar-refractivity contribution in [1.82, 2.24) is 0 Å². The molecule has 0 radical (unpaired) electrons. The zero-order chi connectivity index (χ0) is 19.8. The number of ether oxygens (including phenoxy) is 1. The van der Waals surface area contributed by atoms with Crippen LogP contribution in [0.5, 0.6) is 0 Å².